The van der Waals surface area contributed by atoms with Crippen molar-refractivity contribution in [2.45, 2.75) is 0 Å². The van der Waals surface area contributed by atoms with Gasteiger partial charge in [0.1, 0.15) is 5.75 Å². The molecule has 0 aliphatic carbocycles. The highest BCUT2D eigenvalue weighted by atomic mass is 16.5. The number of methoxy groups -OCH3 is 1. The van der Waals surface area contributed by atoms with Gasteiger partial charge in [0.25, 0.3) is 11.1 Å². The summed E-state index contributed by atoms with van der Waals surface area (Å²) in [6.45, 7) is 0. The number of hydrogen-bond donors (Lipinski definition) is 1. The molecule has 0 bridgehead atoms. The topological polar surface area (TPSA) is 116 Å². The van der Waals surface area contributed by atoms with Crippen LogP contribution in [0.1, 0.15) is 0 Å². The normalized spacial score (nSPS) is 11.3. The predicted octanol–water partition coefficient (Wildman–Crippen LogP) is -0.356. The maximum Gasteiger partial charge on any atom is 0.332 e. The average Bonchev–Trinajstić information content (AvgIpc) is 3.06. The lowest BCUT2D eigenvalue weighted by molar-refractivity contribution is 0.415. The number of hydrogen-bond acceptors (Lipinski definition) is 6. The largest absolute Gasteiger partial charge is 0.497 e. The summed E-state index contributed by atoms with van der Waals surface area (Å²) in [5.74, 6) is 0.726. The summed E-state index contributed by atoms with van der Waals surface area (Å²) in [5, 5.41) is 6.75. The molecule has 0 unspecified atom stereocenters. The van der Waals surface area contributed by atoms with Gasteiger partial charge in [-0.25, -0.2) is 14.3 Å². The van der Waals surface area contributed by atoms with Gasteiger partial charge < -0.3 is 4.74 Å². The van der Waals surface area contributed by atoms with Crippen LogP contribution >= 0.6 is 0 Å². The van der Waals surface area contributed by atoms with Crippen molar-refractivity contribution >= 4 is 16.9 Å². The summed E-state index contributed by atoms with van der Waals surface area (Å²) in [6.07, 6.45) is 0. The van der Waals surface area contributed by atoms with E-state index < -0.39 is 16.8 Å². The summed E-state index contributed by atoms with van der Waals surface area (Å²) in [4.78, 5) is 41.8. The van der Waals surface area contributed by atoms with Crippen LogP contribution in [-0.4, -0.2) is 35.8 Å². The van der Waals surface area contributed by atoms with Crippen molar-refractivity contribution in [1.29, 1.82) is 0 Å². The van der Waals surface area contributed by atoms with Gasteiger partial charge in [0, 0.05) is 19.7 Å². The summed E-state index contributed by atoms with van der Waals surface area (Å²) < 4.78 is 8.39. The van der Waals surface area contributed by atoms with Crippen LogP contribution in [-0.2, 0) is 14.1 Å². The Morgan fingerprint density at radius 3 is 2.35 bits per heavy atom. The molecule has 0 fully saturated rings. The van der Waals surface area contributed by atoms with Gasteiger partial charge in [-0.2, -0.15) is 10.1 Å². The minimum absolute atomic E-state index is 0.0167. The monoisotopic (exact) mass is 354 g/mol. The Bertz CT molecular complexity index is 1340. The molecule has 3 heterocycles. The third-order valence-electron chi connectivity index (χ3n) is 4.29. The van der Waals surface area contributed by atoms with E-state index in [1.54, 1.807) is 31.4 Å². The minimum Gasteiger partial charge on any atom is -0.497 e. The second-order valence-corrected chi connectivity index (χ2v) is 5.75. The molecule has 26 heavy (non-hydrogen) atoms. The van der Waals surface area contributed by atoms with Crippen molar-refractivity contribution in [3.63, 3.8) is 0 Å². The van der Waals surface area contributed by atoms with Crippen LogP contribution in [0.3, 0.4) is 0 Å². The number of H-pyrrole nitrogens is 1. The fourth-order valence-electron chi connectivity index (χ4n) is 2.86. The van der Waals surface area contributed by atoms with E-state index in [2.05, 4.69) is 15.2 Å². The molecule has 1 N–H and O–H groups in total. The Balaban J connectivity index is 2.12. The molecule has 0 atom stereocenters. The third-order valence-corrected chi connectivity index (χ3v) is 4.29. The van der Waals surface area contributed by atoms with Gasteiger partial charge in [-0.05, 0) is 24.3 Å². The Hall–Kier alpha value is -3.69. The molecule has 4 rings (SSSR count). The molecule has 0 aliphatic heterocycles. The number of rotatable bonds is 2. The number of benzene rings is 1. The highest BCUT2D eigenvalue weighted by Crippen LogP contribution is 2.18. The van der Waals surface area contributed by atoms with Gasteiger partial charge in [0.15, 0.2) is 16.9 Å². The number of nitrogens with one attached hydrogen (secondary N) is 1. The fraction of sp³-hybridized carbons (Fsp3) is 0.188. The van der Waals surface area contributed by atoms with E-state index in [1.807, 2.05) is 0 Å². The molecule has 0 saturated carbocycles. The lowest BCUT2D eigenvalue weighted by atomic mass is 10.1. The number of aromatic nitrogens is 6. The molecule has 132 valence electrons. The van der Waals surface area contributed by atoms with Gasteiger partial charge >= 0.3 is 5.69 Å². The molecule has 0 aliphatic rings. The first kappa shape index (κ1) is 15.8. The molecular weight excluding hydrogens is 340 g/mol. The summed E-state index contributed by atoms with van der Waals surface area (Å²) in [6, 6.07) is 6.79. The second-order valence-electron chi connectivity index (χ2n) is 5.75. The average molecular weight is 354 g/mol. The first-order valence-corrected chi connectivity index (χ1v) is 7.65. The van der Waals surface area contributed by atoms with Crippen LogP contribution in [0.5, 0.6) is 5.75 Å². The first-order chi connectivity index (χ1) is 12.4. The quantitative estimate of drug-likeness (QED) is 0.526. The van der Waals surface area contributed by atoms with Crippen molar-refractivity contribution in [2.24, 2.45) is 14.1 Å². The van der Waals surface area contributed by atoms with Crippen LogP contribution in [0.15, 0.2) is 38.6 Å². The molecule has 4 aromatic rings. The van der Waals surface area contributed by atoms with Crippen LogP contribution in [0.25, 0.3) is 28.2 Å². The Morgan fingerprint density at radius 2 is 1.69 bits per heavy atom. The highest BCUT2D eigenvalue weighted by molar-refractivity contribution is 5.75. The van der Waals surface area contributed by atoms with E-state index >= 15 is 0 Å². The lowest BCUT2D eigenvalue weighted by Crippen LogP contribution is -2.38. The van der Waals surface area contributed by atoms with Crippen molar-refractivity contribution in [2.75, 3.05) is 7.11 Å². The molecule has 0 amide bonds. The van der Waals surface area contributed by atoms with Crippen LogP contribution < -0.4 is 21.5 Å². The number of nitrogens with zero attached hydrogens (tertiary/aromatic N) is 5. The number of aryl methyl sites for hydroxylation is 1. The zero-order valence-electron chi connectivity index (χ0n) is 14.2. The maximum absolute atomic E-state index is 13.0. The maximum atomic E-state index is 13.0. The molecule has 1 aromatic carbocycles. The van der Waals surface area contributed by atoms with E-state index in [1.165, 1.54) is 18.7 Å². The number of aromatic amines is 1. The van der Waals surface area contributed by atoms with Gasteiger partial charge in [-0.3, -0.25) is 18.7 Å². The molecule has 10 heteroatoms. The lowest BCUT2D eigenvalue weighted by Gasteiger charge is -2.04. The molecule has 0 radical (unpaired) electrons. The molecule has 10 nitrogen and oxygen atoms in total. The van der Waals surface area contributed by atoms with Crippen molar-refractivity contribution in [1.82, 2.24) is 28.7 Å². The standard InChI is InChI=1S/C16H14N6O4/c1-20-12-11(14(24)21(2)16(20)25)22-13(23)10(18-19-15(22)17-12)8-4-6-9(26-3)7-5-8/h4-7H,1-3H3,(H,17,19). The summed E-state index contributed by atoms with van der Waals surface area (Å²) in [5.41, 5.74) is -0.840. The van der Waals surface area contributed by atoms with E-state index in [9.17, 15) is 14.4 Å². The number of fused-ring (bicyclic) bond motifs is 3. The van der Waals surface area contributed by atoms with Gasteiger partial charge in [-0.1, -0.05) is 0 Å². The van der Waals surface area contributed by atoms with Gasteiger partial charge in [-0.15, -0.1) is 0 Å². The summed E-state index contributed by atoms with van der Waals surface area (Å²) in [7, 11) is 4.38. The van der Waals surface area contributed by atoms with E-state index in [-0.39, 0.29) is 22.6 Å². The number of imidazole rings is 1. The van der Waals surface area contributed by atoms with Crippen molar-refractivity contribution in [3.8, 4) is 17.0 Å². The Labute approximate surface area is 144 Å². The third kappa shape index (κ3) is 2.01. The molecular formula is C16H14N6O4. The van der Waals surface area contributed by atoms with Crippen LogP contribution in [0, 0.1) is 0 Å². The zero-order valence-corrected chi connectivity index (χ0v) is 14.2. The smallest absolute Gasteiger partial charge is 0.332 e. The SMILES string of the molecule is COc1ccc(-c2n[nH]c3nc4c(c(=O)n(C)c(=O)n4C)n3c2=O)cc1. The van der Waals surface area contributed by atoms with Crippen LogP contribution in [0.2, 0.25) is 0 Å². The van der Waals surface area contributed by atoms with Gasteiger partial charge in [0.05, 0.1) is 7.11 Å². The van der Waals surface area contributed by atoms with Gasteiger partial charge in [0.2, 0.25) is 5.78 Å². The predicted molar refractivity (Wildman–Crippen MR) is 93.6 cm³/mol. The van der Waals surface area contributed by atoms with Crippen molar-refractivity contribution in [3.05, 3.63) is 55.5 Å². The minimum atomic E-state index is -0.604. The van der Waals surface area contributed by atoms with E-state index in [4.69, 9.17) is 4.74 Å². The number of ether oxygens (including phenoxy) is 1. The fourth-order valence-corrected chi connectivity index (χ4v) is 2.86. The summed E-state index contributed by atoms with van der Waals surface area (Å²) >= 11 is 0. The second kappa shape index (κ2) is 5.41. The Morgan fingerprint density at radius 1 is 1.00 bits per heavy atom. The highest BCUT2D eigenvalue weighted by Gasteiger charge is 2.19. The van der Waals surface area contributed by atoms with E-state index in [0.29, 0.717) is 11.3 Å². The Kier molecular flexibility index (Phi) is 3.29. The van der Waals surface area contributed by atoms with Crippen molar-refractivity contribution < 1.29 is 4.74 Å². The van der Waals surface area contributed by atoms with Crippen LogP contribution in [0.4, 0.5) is 0 Å². The molecule has 0 saturated heterocycles. The van der Waals surface area contributed by atoms with E-state index in [0.717, 1.165) is 8.97 Å². The molecule has 3 aromatic heterocycles. The first-order valence-electron chi connectivity index (χ1n) is 7.65. The molecule has 0 spiro atoms. The zero-order chi connectivity index (χ0) is 18.6.